The van der Waals surface area contributed by atoms with Gasteiger partial charge in [-0.25, -0.2) is 12.8 Å². The number of benzene rings is 1. The molecule has 1 unspecified atom stereocenters. The number of hydrogen-bond donors (Lipinski definition) is 1. The zero-order valence-corrected chi connectivity index (χ0v) is 9.87. The SMILES string of the molecule is CN1C(C(N)=O)Cc2cc(F)ccc2S1(=O)=O. The summed E-state index contributed by atoms with van der Waals surface area (Å²) >= 11 is 0. The second kappa shape index (κ2) is 3.78. The lowest BCUT2D eigenvalue weighted by atomic mass is 10.1. The van der Waals surface area contributed by atoms with Gasteiger partial charge in [-0.2, -0.15) is 4.31 Å². The number of hydrogen-bond acceptors (Lipinski definition) is 3. The number of primary amides is 1. The fraction of sp³-hybridized carbons (Fsp3) is 0.300. The average molecular weight is 258 g/mol. The molecule has 0 aromatic heterocycles. The van der Waals surface area contributed by atoms with Crippen LogP contribution in [0.2, 0.25) is 0 Å². The van der Waals surface area contributed by atoms with Crippen molar-refractivity contribution in [3.8, 4) is 0 Å². The topological polar surface area (TPSA) is 80.5 Å². The van der Waals surface area contributed by atoms with Crippen molar-refractivity contribution in [3.05, 3.63) is 29.6 Å². The molecule has 2 N–H and O–H groups in total. The first-order valence-electron chi connectivity index (χ1n) is 4.90. The summed E-state index contributed by atoms with van der Waals surface area (Å²) in [6, 6.07) is 2.44. The molecule has 0 bridgehead atoms. The van der Waals surface area contributed by atoms with Crippen molar-refractivity contribution in [3.63, 3.8) is 0 Å². The molecule has 92 valence electrons. The fourth-order valence-electron chi connectivity index (χ4n) is 1.90. The van der Waals surface area contributed by atoms with Gasteiger partial charge in [0.05, 0.1) is 4.90 Å². The number of halogens is 1. The summed E-state index contributed by atoms with van der Waals surface area (Å²) in [7, 11) is -2.48. The number of amides is 1. The van der Waals surface area contributed by atoms with E-state index in [1.807, 2.05) is 0 Å². The molecule has 1 atom stereocenters. The quantitative estimate of drug-likeness (QED) is 0.761. The lowest BCUT2D eigenvalue weighted by Crippen LogP contribution is -2.49. The summed E-state index contributed by atoms with van der Waals surface area (Å²) in [5.74, 6) is -1.28. The highest BCUT2D eigenvalue weighted by Gasteiger charge is 2.38. The van der Waals surface area contributed by atoms with Crippen LogP contribution in [0.4, 0.5) is 4.39 Å². The average Bonchev–Trinajstić information content (AvgIpc) is 2.22. The number of nitrogens with zero attached hydrogens (tertiary/aromatic N) is 1. The molecule has 5 nitrogen and oxygen atoms in total. The van der Waals surface area contributed by atoms with Crippen molar-refractivity contribution < 1.29 is 17.6 Å². The molecule has 17 heavy (non-hydrogen) atoms. The Morgan fingerprint density at radius 2 is 2.18 bits per heavy atom. The predicted octanol–water partition coefficient (Wildman–Crippen LogP) is -0.144. The number of nitrogens with two attached hydrogens (primary N) is 1. The van der Waals surface area contributed by atoms with Gasteiger partial charge < -0.3 is 5.73 Å². The van der Waals surface area contributed by atoms with Crippen LogP contribution >= 0.6 is 0 Å². The van der Waals surface area contributed by atoms with Crippen LogP contribution in [0.1, 0.15) is 5.56 Å². The highest BCUT2D eigenvalue weighted by molar-refractivity contribution is 7.89. The van der Waals surface area contributed by atoms with Gasteiger partial charge in [0.15, 0.2) is 0 Å². The van der Waals surface area contributed by atoms with Crippen molar-refractivity contribution >= 4 is 15.9 Å². The van der Waals surface area contributed by atoms with Crippen LogP contribution in [-0.4, -0.2) is 31.7 Å². The Balaban J connectivity index is 2.63. The van der Waals surface area contributed by atoms with Crippen LogP contribution in [0.5, 0.6) is 0 Å². The fourth-order valence-corrected chi connectivity index (χ4v) is 3.44. The van der Waals surface area contributed by atoms with E-state index in [0.717, 1.165) is 16.4 Å². The van der Waals surface area contributed by atoms with Crippen molar-refractivity contribution in [2.45, 2.75) is 17.4 Å². The van der Waals surface area contributed by atoms with Crippen LogP contribution in [-0.2, 0) is 21.2 Å². The molecule has 0 fully saturated rings. The molecular weight excluding hydrogens is 247 g/mol. The van der Waals surface area contributed by atoms with Gasteiger partial charge in [-0.3, -0.25) is 4.79 Å². The molecule has 0 aliphatic carbocycles. The molecule has 1 aromatic rings. The van der Waals surface area contributed by atoms with Crippen molar-refractivity contribution in [1.82, 2.24) is 4.31 Å². The third kappa shape index (κ3) is 1.81. The van der Waals surface area contributed by atoms with E-state index in [4.69, 9.17) is 5.73 Å². The maximum Gasteiger partial charge on any atom is 0.243 e. The molecule has 1 heterocycles. The second-order valence-electron chi connectivity index (χ2n) is 3.90. The molecular formula is C10H11FN2O3S. The van der Waals surface area contributed by atoms with E-state index in [9.17, 15) is 17.6 Å². The van der Waals surface area contributed by atoms with E-state index in [2.05, 4.69) is 0 Å². The highest BCUT2D eigenvalue weighted by atomic mass is 32.2. The van der Waals surface area contributed by atoms with Gasteiger partial charge in [-0.05, 0) is 30.2 Å². The van der Waals surface area contributed by atoms with Crippen molar-refractivity contribution in [2.75, 3.05) is 7.05 Å². The third-order valence-corrected chi connectivity index (χ3v) is 4.83. The monoisotopic (exact) mass is 258 g/mol. The zero-order chi connectivity index (χ0) is 12.8. The number of carbonyl (C=O) groups is 1. The van der Waals surface area contributed by atoms with Crippen LogP contribution in [0.3, 0.4) is 0 Å². The number of fused-ring (bicyclic) bond motifs is 1. The minimum Gasteiger partial charge on any atom is -0.368 e. The van der Waals surface area contributed by atoms with Gasteiger partial charge in [0.25, 0.3) is 0 Å². The van der Waals surface area contributed by atoms with Crippen LogP contribution in [0.25, 0.3) is 0 Å². The van der Waals surface area contributed by atoms with Gasteiger partial charge in [0.1, 0.15) is 11.9 Å². The Hall–Kier alpha value is -1.47. The van der Waals surface area contributed by atoms with E-state index >= 15 is 0 Å². The summed E-state index contributed by atoms with van der Waals surface area (Å²) in [5, 5.41) is 0. The summed E-state index contributed by atoms with van der Waals surface area (Å²) in [6.45, 7) is 0. The summed E-state index contributed by atoms with van der Waals surface area (Å²) < 4.78 is 38.0. The molecule has 1 aliphatic rings. The predicted molar refractivity (Wildman–Crippen MR) is 58.0 cm³/mol. The minimum atomic E-state index is -3.77. The van der Waals surface area contributed by atoms with Crippen LogP contribution in [0.15, 0.2) is 23.1 Å². The Morgan fingerprint density at radius 1 is 1.53 bits per heavy atom. The highest BCUT2D eigenvalue weighted by Crippen LogP contribution is 2.29. The third-order valence-electron chi connectivity index (χ3n) is 2.86. The number of likely N-dealkylation sites (N-methyl/N-ethyl adjacent to an activating group) is 1. The van der Waals surface area contributed by atoms with Gasteiger partial charge in [0, 0.05) is 7.05 Å². The van der Waals surface area contributed by atoms with Gasteiger partial charge in [-0.15, -0.1) is 0 Å². The first kappa shape index (κ1) is 12.0. The lowest BCUT2D eigenvalue weighted by molar-refractivity contribution is -0.121. The van der Waals surface area contributed by atoms with E-state index in [-0.39, 0.29) is 16.9 Å². The van der Waals surface area contributed by atoms with E-state index in [0.29, 0.717) is 0 Å². The molecule has 1 amide bonds. The molecule has 0 saturated heterocycles. The van der Waals surface area contributed by atoms with E-state index in [1.165, 1.54) is 13.1 Å². The Bertz CT molecular complexity index is 585. The molecule has 0 spiro atoms. The first-order chi connectivity index (χ1) is 7.84. The smallest absolute Gasteiger partial charge is 0.243 e. The number of rotatable bonds is 1. The van der Waals surface area contributed by atoms with Crippen molar-refractivity contribution in [1.29, 1.82) is 0 Å². The normalized spacial score (nSPS) is 23.1. The standard InChI is InChI=1S/C10H11FN2O3S/c1-13-8(10(12)14)5-6-4-7(11)2-3-9(6)17(13,15)16/h2-4,8H,5H2,1H3,(H2,12,14). The first-order valence-corrected chi connectivity index (χ1v) is 6.34. The molecule has 1 aromatic carbocycles. The minimum absolute atomic E-state index is 0.0268. The Labute approximate surface area is 98.1 Å². The summed E-state index contributed by atoms with van der Waals surface area (Å²) in [4.78, 5) is 11.2. The largest absolute Gasteiger partial charge is 0.368 e. The Kier molecular flexibility index (Phi) is 2.67. The summed E-state index contributed by atoms with van der Waals surface area (Å²) in [6.07, 6.45) is 0.0954. The van der Waals surface area contributed by atoms with E-state index in [1.54, 1.807) is 0 Å². The van der Waals surface area contributed by atoms with Crippen molar-refractivity contribution in [2.24, 2.45) is 5.73 Å². The maximum atomic E-state index is 13.0. The van der Waals surface area contributed by atoms with Crippen LogP contribution in [0, 0.1) is 5.82 Å². The lowest BCUT2D eigenvalue weighted by Gasteiger charge is -2.31. The number of sulfonamides is 1. The van der Waals surface area contributed by atoms with Gasteiger partial charge in [0.2, 0.25) is 15.9 Å². The second-order valence-corrected chi connectivity index (χ2v) is 5.86. The van der Waals surface area contributed by atoms with Gasteiger partial charge >= 0.3 is 0 Å². The zero-order valence-electron chi connectivity index (χ0n) is 9.05. The maximum absolute atomic E-state index is 13.0. The summed E-state index contributed by atoms with van der Waals surface area (Å²) in [5.41, 5.74) is 5.42. The molecule has 2 rings (SSSR count). The number of carbonyl (C=O) groups excluding carboxylic acids is 1. The van der Waals surface area contributed by atoms with Crippen LogP contribution < -0.4 is 5.73 Å². The molecule has 0 saturated carbocycles. The molecule has 7 heteroatoms. The molecule has 1 aliphatic heterocycles. The Morgan fingerprint density at radius 3 is 2.76 bits per heavy atom. The van der Waals surface area contributed by atoms with Gasteiger partial charge in [-0.1, -0.05) is 0 Å². The van der Waals surface area contributed by atoms with E-state index < -0.39 is 27.8 Å². The molecule has 0 radical (unpaired) electrons.